The molecule has 1 N–H and O–H groups in total. The first kappa shape index (κ1) is 12.3. The molecule has 94 valence electrons. The average molecular weight is 227 g/mol. The Hall–Kier alpha value is -0.120. The van der Waals surface area contributed by atoms with E-state index in [0.29, 0.717) is 18.2 Å². The van der Waals surface area contributed by atoms with E-state index >= 15 is 0 Å². The second-order valence-corrected chi connectivity index (χ2v) is 5.05. The van der Waals surface area contributed by atoms with E-state index < -0.39 is 0 Å². The molecule has 0 aliphatic heterocycles. The van der Waals surface area contributed by atoms with Gasteiger partial charge in [-0.3, -0.25) is 0 Å². The van der Waals surface area contributed by atoms with E-state index in [0.717, 1.165) is 38.5 Å². The fourth-order valence-corrected chi connectivity index (χ4v) is 2.23. The Morgan fingerprint density at radius 2 is 2.00 bits per heavy atom. The van der Waals surface area contributed by atoms with Gasteiger partial charge in [0.25, 0.3) is 0 Å². The van der Waals surface area contributed by atoms with Crippen LogP contribution in [0.25, 0.3) is 0 Å². The molecule has 3 unspecified atom stereocenters. The molecule has 3 atom stereocenters. The molecular weight excluding hydrogens is 202 g/mol. The van der Waals surface area contributed by atoms with Gasteiger partial charge in [0, 0.05) is 19.3 Å². The lowest BCUT2D eigenvalue weighted by Crippen LogP contribution is -2.60. The summed E-state index contributed by atoms with van der Waals surface area (Å²) in [5.74, 6) is 0.852. The maximum absolute atomic E-state index is 5.92. The summed E-state index contributed by atoms with van der Waals surface area (Å²) >= 11 is 0. The van der Waals surface area contributed by atoms with Crippen LogP contribution in [0.4, 0.5) is 0 Å². The molecule has 2 aliphatic rings. The highest BCUT2D eigenvalue weighted by Gasteiger charge is 2.42. The van der Waals surface area contributed by atoms with Crippen LogP contribution in [0.1, 0.15) is 39.5 Å². The molecule has 0 spiro atoms. The zero-order chi connectivity index (χ0) is 11.4. The van der Waals surface area contributed by atoms with Crippen LogP contribution in [0.3, 0.4) is 0 Å². The quantitative estimate of drug-likeness (QED) is 0.687. The van der Waals surface area contributed by atoms with Crippen molar-refractivity contribution in [2.75, 3.05) is 19.8 Å². The highest BCUT2D eigenvalue weighted by molar-refractivity contribution is 4.97. The second-order valence-electron chi connectivity index (χ2n) is 5.05. The topological polar surface area (TPSA) is 30.5 Å². The predicted molar refractivity (Wildman–Crippen MR) is 64.6 cm³/mol. The number of likely N-dealkylation sites (N-methyl/N-ethyl adjacent to an activating group) is 1. The minimum atomic E-state index is 0.290. The van der Waals surface area contributed by atoms with Gasteiger partial charge >= 0.3 is 0 Å². The summed E-state index contributed by atoms with van der Waals surface area (Å²) in [5.41, 5.74) is 0. The minimum Gasteiger partial charge on any atom is -0.375 e. The van der Waals surface area contributed by atoms with Crippen molar-refractivity contribution >= 4 is 0 Å². The Balaban J connectivity index is 1.69. The van der Waals surface area contributed by atoms with Crippen molar-refractivity contribution in [3.8, 4) is 0 Å². The zero-order valence-corrected chi connectivity index (χ0v) is 10.6. The van der Waals surface area contributed by atoms with E-state index in [4.69, 9.17) is 9.47 Å². The smallest absolute Gasteiger partial charge is 0.0990 e. The zero-order valence-electron chi connectivity index (χ0n) is 10.6. The number of hydrogen-bond acceptors (Lipinski definition) is 3. The van der Waals surface area contributed by atoms with Crippen molar-refractivity contribution in [3.05, 3.63) is 0 Å². The van der Waals surface area contributed by atoms with Gasteiger partial charge in [-0.15, -0.1) is 0 Å². The first-order valence-electron chi connectivity index (χ1n) is 6.81. The van der Waals surface area contributed by atoms with E-state index in [2.05, 4.69) is 19.2 Å². The largest absolute Gasteiger partial charge is 0.375 e. The molecule has 0 aromatic carbocycles. The summed E-state index contributed by atoms with van der Waals surface area (Å²) in [7, 11) is 0. The normalized spacial score (nSPS) is 33.8. The van der Waals surface area contributed by atoms with Crippen molar-refractivity contribution in [1.29, 1.82) is 0 Å². The SMILES string of the molecule is CCCOC1C(NCC)CC1OCC1CC1. The minimum absolute atomic E-state index is 0.290. The number of rotatable bonds is 8. The van der Waals surface area contributed by atoms with Crippen LogP contribution >= 0.6 is 0 Å². The van der Waals surface area contributed by atoms with Crippen molar-refractivity contribution in [1.82, 2.24) is 5.32 Å². The fourth-order valence-electron chi connectivity index (χ4n) is 2.23. The third-order valence-corrected chi connectivity index (χ3v) is 3.47. The number of ether oxygens (including phenoxy) is 2. The lowest BCUT2D eigenvalue weighted by Gasteiger charge is -2.44. The van der Waals surface area contributed by atoms with Gasteiger partial charge in [0.2, 0.25) is 0 Å². The Morgan fingerprint density at radius 3 is 2.62 bits per heavy atom. The molecule has 0 saturated heterocycles. The predicted octanol–water partition coefficient (Wildman–Crippen LogP) is 1.96. The summed E-state index contributed by atoms with van der Waals surface area (Å²) in [6, 6.07) is 0.515. The van der Waals surface area contributed by atoms with Crippen LogP contribution < -0.4 is 5.32 Å². The van der Waals surface area contributed by atoms with Crippen molar-refractivity contribution in [2.45, 2.75) is 57.8 Å². The first-order valence-corrected chi connectivity index (χ1v) is 6.81. The maximum Gasteiger partial charge on any atom is 0.0990 e. The lowest BCUT2D eigenvalue weighted by atomic mass is 9.85. The molecule has 0 aromatic rings. The molecule has 2 saturated carbocycles. The van der Waals surface area contributed by atoms with Gasteiger partial charge in [-0.2, -0.15) is 0 Å². The van der Waals surface area contributed by atoms with Gasteiger partial charge < -0.3 is 14.8 Å². The van der Waals surface area contributed by atoms with E-state index in [9.17, 15) is 0 Å². The van der Waals surface area contributed by atoms with E-state index in [1.54, 1.807) is 0 Å². The Morgan fingerprint density at radius 1 is 1.19 bits per heavy atom. The van der Waals surface area contributed by atoms with Crippen LogP contribution in [0.15, 0.2) is 0 Å². The molecule has 16 heavy (non-hydrogen) atoms. The highest BCUT2D eigenvalue weighted by Crippen LogP contribution is 2.33. The molecule has 0 aromatic heterocycles. The standard InChI is InChI=1S/C13H25NO2/c1-3-7-15-13-11(14-4-2)8-12(13)16-9-10-5-6-10/h10-14H,3-9H2,1-2H3. The van der Waals surface area contributed by atoms with Crippen molar-refractivity contribution < 1.29 is 9.47 Å². The van der Waals surface area contributed by atoms with E-state index in [-0.39, 0.29) is 0 Å². The number of hydrogen-bond donors (Lipinski definition) is 1. The van der Waals surface area contributed by atoms with Crippen molar-refractivity contribution in [3.63, 3.8) is 0 Å². The van der Waals surface area contributed by atoms with E-state index in [1.807, 2.05) is 0 Å². The third kappa shape index (κ3) is 3.19. The van der Waals surface area contributed by atoms with Gasteiger partial charge in [-0.25, -0.2) is 0 Å². The van der Waals surface area contributed by atoms with Gasteiger partial charge in [0.05, 0.1) is 12.2 Å². The van der Waals surface area contributed by atoms with Gasteiger partial charge in [-0.05, 0) is 38.1 Å². The highest BCUT2D eigenvalue weighted by atomic mass is 16.5. The van der Waals surface area contributed by atoms with Crippen LogP contribution in [-0.2, 0) is 9.47 Å². The first-order chi connectivity index (χ1) is 7.85. The average Bonchev–Trinajstić information content (AvgIpc) is 3.06. The third-order valence-electron chi connectivity index (χ3n) is 3.47. The summed E-state index contributed by atoms with van der Waals surface area (Å²) in [6.45, 7) is 7.13. The molecule has 2 aliphatic carbocycles. The molecule has 2 fully saturated rings. The maximum atomic E-state index is 5.92. The Bertz CT molecular complexity index is 206. The summed E-state index contributed by atoms with van der Waals surface area (Å²) in [6.07, 6.45) is 5.57. The Kier molecular flexibility index (Phi) is 4.62. The molecule has 3 nitrogen and oxygen atoms in total. The molecule has 2 rings (SSSR count). The second kappa shape index (κ2) is 5.99. The molecule has 3 heteroatoms. The van der Waals surface area contributed by atoms with Crippen LogP contribution in [-0.4, -0.2) is 38.0 Å². The Labute approximate surface area is 98.9 Å². The van der Waals surface area contributed by atoms with Crippen molar-refractivity contribution in [2.24, 2.45) is 5.92 Å². The van der Waals surface area contributed by atoms with Crippen LogP contribution in [0.5, 0.6) is 0 Å². The van der Waals surface area contributed by atoms with Crippen LogP contribution in [0, 0.1) is 5.92 Å². The summed E-state index contributed by atoms with van der Waals surface area (Å²) < 4.78 is 11.8. The van der Waals surface area contributed by atoms with E-state index in [1.165, 1.54) is 12.8 Å². The molecule has 0 heterocycles. The lowest BCUT2D eigenvalue weighted by molar-refractivity contribution is -0.148. The van der Waals surface area contributed by atoms with Gasteiger partial charge in [0.15, 0.2) is 0 Å². The molecule has 0 amide bonds. The van der Waals surface area contributed by atoms with Gasteiger partial charge in [-0.1, -0.05) is 13.8 Å². The summed E-state index contributed by atoms with van der Waals surface area (Å²) in [4.78, 5) is 0. The van der Waals surface area contributed by atoms with Gasteiger partial charge in [0.1, 0.15) is 0 Å². The number of nitrogens with one attached hydrogen (secondary N) is 1. The monoisotopic (exact) mass is 227 g/mol. The summed E-state index contributed by atoms with van der Waals surface area (Å²) in [5, 5.41) is 3.47. The molecule has 0 radical (unpaired) electrons. The molecule has 0 bridgehead atoms. The fraction of sp³-hybridized carbons (Fsp3) is 1.00. The van der Waals surface area contributed by atoms with Crippen LogP contribution in [0.2, 0.25) is 0 Å². The molecular formula is C13H25NO2.